The fraction of sp³-hybridized carbons (Fsp3) is 0.400. The van der Waals surface area contributed by atoms with Crippen LogP contribution in [0.2, 0.25) is 0 Å². The third-order valence-electron chi connectivity index (χ3n) is 2.10. The molecular weight excluding hydrogens is 280 g/mol. The fourth-order valence-corrected chi connectivity index (χ4v) is 1.26. The average molecular weight is 287 g/mol. The number of carbonyl (C=O) groups is 1. The summed E-state index contributed by atoms with van der Waals surface area (Å²) in [7, 11) is 0.963. The Kier molecular flexibility index (Phi) is 4.38. The van der Waals surface area contributed by atoms with Crippen molar-refractivity contribution < 1.29 is 35.9 Å². The Morgan fingerprint density at radius 1 is 1.42 bits per heavy atom. The number of pyridine rings is 1. The summed E-state index contributed by atoms with van der Waals surface area (Å²) in [6.45, 7) is 0. The highest BCUT2D eigenvalue weighted by atomic mass is 19.4. The molecule has 1 aromatic rings. The second-order valence-corrected chi connectivity index (χ2v) is 3.42. The molecule has 1 rings (SSSR count). The first-order valence-corrected chi connectivity index (χ1v) is 4.78. The van der Waals surface area contributed by atoms with E-state index in [0.717, 1.165) is 7.11 Å². The smallest absolute Gasteiger partial charge is 0.436 e. The Morgan fingerprint density at radius 2 is 2.00 bits per heavy atom. The standard InChI is InChI=1S/C10H7F6NO2/c1-19-6(18)3-4-2-5(9(12)13)7(11)8(17-4)10(14,15)16/h2,9H,3H2,1H3. The van der Waals surface area contributed by atoms with Crippen LogP contribution in [0.15, 0.2) is 6.07 Å². The van der Waals surface area contributed by atoms with Crippen molar-refractivity contribution in [3.8, 4) is 0 Å². The molecule has 0 saturated heterocycles. The second kappa shape index (κ2) is 5.45. The molecule has 0 aliphatic rings. The quantitative estimate of drug-likeness (QED) is 0.634. The average Bonchev–Trinajstić information content (AvgIpc) is 2.29. The molecule has 0 aliphatic heterocycles. The van der Waals surface area contributed by atoms with Crippen molar-refractivity contribution in [3.63, 3.8) is 0 Å². The number of rotatable bonds is 3. The number of nitrogens with zero attached hydrogens (tertiary/aromatic N) is 1. The molecule has 0 atom stereocenters. The molecule has 0 bridgehead atoms. The van der Waals surface area contributed by atoms with Gasteiger partial charge in [0.2, 0.25) is 0 Å². The number of ether oxygens (including phenoxy) is 1. The Hall–Kier alpha value is -1.80. The van der Waals surface area contributed by atoms with E-state index in [1.807, 2.05) is 0 Å². The van der Waals surface area contributed by atoms with E-state index in [0.29, 0.717) is 6.07 Å². The number of alkyl halides is 5. The summed E-state index contributed by atoms with van der Waals surface area (Å²) in [6, 6.07) is 0.409. The van der Waals surface area contributed by atoms with Crippen LogP contribution < -0.4 is 0 Å². The van der Waals surface area contributed by atoms with Crippen LogP contribution in [0.4, 0.5) is 26.3 Å². The van der Waals surface area contributed by atoms with E-state index in [1.54, 1.807) is 0 Å². The third-order valence-corrected chi connectivity index (χ3v) is 2.10. The van der Waals surface area contributed by atoms with E-state index < -0.39 is 47.8 Å². The number of esters is 1. The van der Waals surface area contributed by atoms with Gasteiger partial charge in [0.15, 0.2) is 11.5 Å². The van der Waals surface area contributed by atoms with Crippen LogP contribution in [0.5, 0.6) is 0 Å². The SMILES string of the molecule is COC(=O)Cc1cc(C(F)F)c(F)c(C(F)(F)F)n1. The molecule has 19 heavy (non-hydrogen) atoms. The van der Waals surface area contributed by atoms with Gasteiger partial charge in [-0.2, -0.15) is 13.2 Å². The molecule has 0 unspecified atom stereocenters. The van der Waals surface area contributed by atoms with Gasteiger partial charge in [0.05, 0.1) is 24.8 Å². The molecular formula is C10H7F6NO2. The first-order chi connectivity index (χ1) is 8.66. The molecule has 106 valence electrons. The maximum atomic E-state index is 13.2. The number of hydrogen-bond donors (Lipinski definition) is 0. The van der Waals surface area contributed by atoms with Gasteiger partial charge in [-0.1, -0.05) is 0 Å². The molecule has 0 spiro atoms. The molecule has 0 radical (unpaired) electrons. The molecule has 1 aromatic heterocycles. The van der Waals surface area contributed by atoms with Crippen LogP contribution in [0, 0.1) is 5.82 Å². The minimum absolute atomic E-state index is 0.409. The lowest BCUT2D eigenvalue weighted by atomic mass is 10.1. The van der Waals surface area contributed by atoms with Crippen LogP contribution in [-0.4, -0.2) is 18.1 Å². The van der Waals surface area contributed by atoms with Crippen molar-refractivity contribution >= 4 is 5.97 Å². The Bertz CT molecular complexity index is 486. The lowest BCUT2D eigenvalue weighted by Gasteiger charge is -2.12. The molecule has 0 amide bonds. The van der Waals surface area contributed by atoms with Gasteiger partial charge in [-0.25, -0.2) is 18.2 Å². The van der Waals surface area contributed by atoms with Crippen LogP contribution in [0.3, 0.4) is 0 Å². The highest BCUT2D eigenvalue weighted by Gasteiger charge is 2.39. The Balaban J connectivity index is 3.35. The van der Waals surface area contributed by atoms with Gasteiger partial charge in [-0.15, -0.1) is 0 Å². The largest absolute Gasteiger partial charge is 0.469 e. The third kappa shape index (κ3) is 3.58. The summed E-state index contributed by atoms with van der Waals surface area (Å²) in [5, 5.41) is 0. The minimum Gasteiger partial charge on any atom is -0.469 e. The van der Waals surface area contributed by atoms with Gasteiger partial charge < -0.3 is 4.74 Å². The van der Waals surface area contributed by atoms with Gasteiger partial charge in [0, 0.05) is 0 Å². The molecule has 9 heteroatoms. The molecule has 0 N–H and O–H groups in total. The van der Waals surface area contributed by atoms with Gasteiger partial charge in [0.25, 0.3) is 6.43 Å². The molecule has 1 heterocycles. The van der Waals surface area contributed by atoms with E-state index in [-0.39, 0.29) is 0 Å². The number of aromatic nitrogens is 1. The maximum Gasteiger partial charge on any atom is 0.436 e. The Morgan fingerprint density at radius 3 is 2.42 bits per heavy atom. The predicted octanol–water partition coefficient (Wildman–Crippen LogP) is 2.89. The van der Waals surface area contributed by atoms with Crippen molar-refractivity contribution in [3.05, 3.63) is 28.8 Å². The lowest BCUT2D eigenvalue weighted by molar-refractivity contribution is -0.145. The van der Waals surface area contributed by atoms with Crippen LogP contribution >= 0.6 is 0 Å². The van der Waals surface area contributed by atoms with Crippen molar-refractivity contribution in [1.82, 2.24) is 4.98 Å². The first kappa shape index (κ1) is 15.3. The molecule has 0 aromatic carbocycles. The van der Waals surface area contributed by atoms with Crippen LogP contribution in [0.1, 0.15) is 23.4 Å². The van der Waals surface area contributed by atoms with Crippen molar-refractivity contribution in [1.29, 1.82) is 0 Å². The van der Waals surface area contributed by atoms with Crippen molar-refractivity contribution in [2.45, 2.75) is 19.0 Å². The maximum absolute atomic E-state index is 13.2. The van der Waals surface area contributed by atoms with Crippen LogP contribution in [0.25, 0.3) is 0 Å². The number of hydrogen-bond acceptors (Lipinski definition) is 3. The zero-order valence-corrected chi connectivity index (χ0v) is 9.39. The van der Waals surface area contributed by atoms with E-state index in [2.05, 4.69) is 9.72 Å². The summed E-state index contributed by atoms with van der Waals surface area (Å²) in [4.78, 5) is 13.7. The van der Waals surface area contributed by atoms with Crippen molar-refractivity contribution in [2.75, 3.05) is 7.11 Å². The van der Waals surface area contributed by atoms with Gasteiger partial charge in [0.1, 0.15) is 0 Å². The summed E-state index contributed by atoms with van der Waals surface area (Å²) in [5.41, 5.74) is -4.18. The summed E-state index contributed by atoms with van der Waals surface area (Å²) in [6.07, 6.45) is -9.46. The van der Waals surface area contributed by atoms with Crippen molar-refractivity contribution in [2.24, 2.45) is 0 Å². The van der Waals surface area contributed by atoms with E-state index in [4.69, 9.17) is 0 Å². The summed E-state index contributed by atoms with van der Waals surface area (Å²) in [5.74, 6) is -3.12. The molecule has 0 fully saturated rings. The first-order valence-electron chi connectivity index (χ1n) is 4.78. The second-order valence-electron chi connectivity index (χ2n) is 3.42. The number of halogens is 6. The Labute approximate surface area is 103 Å². The van der Waals surface area contributed by atoms with Gasteiger partial charge in [-0.05, 0) is 6.07 Å². The normalized spacial score (nSPS) is 11.8. The van der Waals surface area contributed by atoms with Crippen LogP contribution in [-0.2, 0) is 22.1 Å². The van der Waals surface area contributed by atoms with Gasteiger partial charge >= 0.3 is 12.1 Å². The zero-order valence-electron chi connectivity index (χ0n) is 9.39. The topological polar surface area (TPSA) is 39.2 Å². The monoisotopic (exact) mass is 287 g/mol. The molecule has 0 aliphatic carbocycles. The molecule has 0 saturated carbocycles. The summed E-state index contributed by atoms with van der Waals surface area (Å²) >= 11 is 0. The highest BCUT2D eigenvalue weighted by Crippen LogP contribution is 2.34. The van der Waals surface area contributed by atoms with E-state index in [9.17, 15) is 31.1 Å². The number of methoxy groups -OCH3 is 1. The summed E-state index contributed by atoms with van der Waals surface area (Å²) < 4.78 is 79.6. The van der Waals surface area contributed by atoms with E-state index in [1.165, 1.54) is 0 Å². The number of carbonyl (C=O) groups excluding carboxylic acids is 1. The zero-order chi connectivity index (χ0) is 14.8. The minimum atomic E-state index is -5.24. The molecule has 3 nitrogen and oxygen atoms in total. The lowest BCUT2D eigenvalue weighted by Crippen LogP contribution is -2.17. The highest BCUT2D eigenvalue weighted by molar-refractivity contribution is 5.71. The van der Waals surface area contributed by atoms with E-state index >= 15 is 0 Å². The predicted molar refractivity (Wildman–Crippen MR) is 49.9 cm³/mol. The van der Waals surface area contributed by atoms with Gasteiger partial charge in [-0.3, -0.25) is 4.79 Å². The fourth-order valence-electron chi connectivity index (χ4n) is 1.26.